The van der Waals surface area contributed by atoms with E-state index in [2.05, 4.69) is 15.1 Å². The molecule has 0 unspecified atom stereocenters. The van der Waals surface area contributed by atoms with Gasteiger partial charge in [-0.25, -0.2) is 0 Å². The van der Waals surface area contributed by atoms with Crippen LogP contribution in [0.25, 0.3) is 0 Å². The van der Waals surface area contributed by atoms with Crippen molar-refractivity contribution in [3.8, 4) is 5.88 Å². The van der Waals surface area contributed by atoms with Gasteiger partial charge in [-0.1, -0.05) is 0 Å². The number of nitrogens with zero attached hydrogens (tertiary/aromatic N) is 4. The van der Waals surface area contributed by atoms with E-state index in [1.54, 1.807) is 0 Å². The first kappa shape index (κ1) is 17.6. The van der Waals surface area contributed by atoms with Crippen LogP contribution in [-0.4, -0.2) is 65.4 Å². The Balaban J connectivity index is 1.52. The normalized spacial score (nSPS) is 15.3. The Morgan fingerprint density at radius 1 is 1.28 bits per heavy atom. The average Bonchev–Trinajstić information content (AvgIpc) is 2.90. The number of rotatable bonds is 7. The number of aldehydes is 1. The van der Waals surface area contributed by atoms with Crippen molar-refractivity contribution in [2.45, 2.75) is 13.3 Å². The molecule has 0 aromatic carbocycles. The Labute approximate surface area is 147 Å². The molecular formula is C18H24N4O3. The molecule has 1 aliphatic rings. The molecule has 0 amide bonds. The summed E-state index contributed by atoms with van der Waals surface area (Å²) in [6.45, 7) is 6.87. The lowest BCUT2D eigenvalue weighted by Gasteiger charge is -2.26. The molecule has 0 bridgehead atoms. The molecule has 2 aromatic rings. The van der Waals surface area contributed by atoms with Crippen LogP contribution in [-0.2, 0) is 18.2 Å². The lowest BCUT2D eigenvalue weighted by molar-refractivity contribution is 0.0319. The van der Waals surface area contributed by atoms with Gasteiger partial charge in [0.05, 0.1) is 24.6 Å². The molecule has 1 aliphatic heterocycles. The zero-order valence-corrected chi connectivity index (χ0v) is 14.8. The molecular weight excluding hydrogens is 320 g/mol. The van der Waals surface area contributed by atoms with Gasteiger partial charge < -0.3 is 14.0 Å². The van der Waals surface area contributed by atoms with E-state index in [1.165, 1.54) is 0 Å². The maximum Gasteiger partial charge on any atom is 0.233 e. The van der Waals surface area contributed by atoms with E-state index in [-0.39, 0.29) is 0 Å². The standard InChI is InChI=1S/C18H24N4O3/c1-14-11-16(21(2)17(14)13-23)12-15-3-4-18(20-19-15)25-10-7-22-5-8-24-9-6-22/h3-4,11,13H,5-10,12H2,1-2H3. The van der Waals surface area contributed by atoms with Gasteiger partial charge in [-0.2, -0.15) is 5.10 Å². The van der Waals surface area contributed by atoms with Crippen LogP contribution in [0.15, 0.2) is 18.2 Å². The summed E-state index contributed by atoms with van der Waals surface area (Å²) < 4.78 is 12.9. The van der Waals surface area contributed by atoms with Crippen LogP contribution < -0.4 is 4.74 Å². The summed E-state index contributed by atoms with van der Waals surface area (Å²) in [7, 11) is 1.89. The summed E-state index contributed by atoms with van der Waals surface area (Å²) in [6.07, 6.45) is 1.52. The Kier molecular flexibility index (Phi) is 5.78. The van der Waals surface area contributed by atoms with Crippen LogP contribution >= 0.6 is 0 Å². The topological polar surface area (TPSA) is 69.5 Å². The molecule has 0 atom stereocenters. The van der Waals surface area contributed by atoms with Crippen LogP contribution in [0.2, 0.25) is 0 Å². The van der Waals surface area contributed by atoms with E-state index in [9.17, 15) is 4.79 Å². The Hall–Kier alpha value is -2.25. The third-order valence-corrected chi connectivity index (χ3v) is 4.51. The first-order valence-corrected chi connectivity index (χ1v) is 8.53. The van der Waals surface area contributed by atoms with Crippen molar-refractivity contribution in [3.05, 3.63) is 40.8 Å². The highest BCUT2D eigenvalue weighted by Gasteiger charge is 2.11. The van der Waals surface area contributed by atoms with E-state index in [4.69, 9.17) is 9.47 Å². The highest BCUT2D eigenvalue weighted by atomic mass is 16.5. The molecule has 0 aliphatic carbocycles. The van der Waals surface area contributed by atoms with Crippen molar-refractivity contribution in [1.82, 2.24) is 19.7 Å². The molecule has 7 nitrogen and oxygen atoms in total. The summed E-state index contributed by atoms with van der Waals surface area (Å²) in [5.41, 5.74) is 3.56. The summed E-state index contributed by atoms with van der Waals surface area (Å²) >= 11 is 0. The number of aromatic nitrogens is 3. The van der Waals surface area contributed by atoms with Crippen LogP contribution in [0.1, 0.15) is 27.4 Å². The van der Waals surface area contributed by atoms with Crippen molar-refractivity contribution < 1.29 is 14.3 Å². The van der Waals surface area contributed by atoms with E-state index in [1.807, 2.05) is 36.7 Å². The highest BCUT2D eigenvalue weighted by molar-refractivity contribution is 5.75. The van der Waals surface area contributed by atoms with Gasteiger partial charge in [0.15, 0.2) is 6.29 Å². The zero-order chi connectivity index (χ0) is 17.6. The summed E-state index contributed by atoms with van der Waals surface area (Å²) in [4.78, 5) is 13.4. The highest BCUT2D eigenvalue weighted by Crippen LogP contribution is 2.16. The predicted octanol–water partition coefficient (Wildman–Crippen LogP) is 1.24. The average molecular weight is 344 g/mol. The second-order valence-corrected chi connectivity index (χ2v) is 6.22. The number of carbonyl (C=O) groups excluding carboxylic acids is 1. The molecule has 25 heavy (non-hydrogen) atoms. The van der Waals surface area contributed by atoms with Crippen molar-refractivity contribution in [1.29, 1.82) is 0 Å². The SMILES string of the molecule is Cc1cc(Cc2ccc(OCCN3CCOCC3)nn2)n(C)c1C=O. The molecule has 3 heterocycles. The number of ether oxygens (including phenoxy) is 2. The molecule has 7 heteroatoms. The predicted molar refractivity (Wildman–Crippen MR) is 93.1 cm³/mol. The van der Waals surface area contributed by atoms with Crippen molar-refractivity contribution in [3.63, 3.8) is 0 Å². The molecule has 1 saturated heterocycles. The van der Waals surface area contributed by atoms with Crippen LogP contribution in [0.3, 0.4) is 0 Å². The number of hydrogen-bond acceptors (Lipinski definition) is 6. The summed E-state index contributed by atoms with van der Waals surface area (Å²) in [5, 5.41) is 8.38. The van der Waals surface area contributed by atoms with Gasteiger partial charge in [0, 0.05) is 44.9 Å². The maximum atomic E-state index is 11.1. The second-order valence-electron chi connectivity index (χ2n) is 6.22. The monoisotopic (exact) mass is 344 g/mol. The Morgan fingerprint density at radius 3 is 2.72 bits per heavy atom. The molecule has 134 valence electrons. The lowest BCUT2D eigenvalue weighted by atomic mass is 10.2. The van der Waals surface area contributed by atoms with Crippen LogP contribution in [0.5, 0.6) is 5.88 Å². The smallest absolute Gasteiger partial charge is 0.233 e. The first-order chi connectivity index (χ1) is 12.2. The molecule has 0 saturated carbocycles. The summed E-state index contributed by atoms with van der Waals surface area (Å²) in [5.74, 6) is 0.536. The van der Waals surface area contributed by atoms with E-state index in [0.29, 0.717) is 24.6 Å². The van der Waals surface area contributed by atoms with Crippen molar-refractivity contribution >= 4 is 6.29 Å². The minimum Gasteiger partial charge on any atom is -0.475 e. The van der Waals surface area contributed by atoms with Gasteiger partial charge in [0.1, 0.15) is 6.61 Å². The number of hydrogen-bond donors (Lipinski definition) is 0. The van der Waals surface area contributed by atoms with Gasteiger partial charge in [-0.15, -0.1) is 5.10 Å². The maximum absolute atomic E-state index is 11.1. The van der Waals surface area contributed by atoms with Crippen LogP contribution in [0, 0.1) is 6.92 Å². The summed E-state index contributed by atoms with van der Waals surface area (Å²) in [6, 6.07) is 5.77. The Morgan fingerprint density at radius 2 is 2.08 bits per heavy atom. The molecule has 0 N–H and O–H groups in total. The fourth-order valence-electron chi connectivity index (χ4n) is 2.99. The largest absolute Gasteiger partial charge is 0.475 e. The van der Waals surface area contributed by atoms with Gasteiger partial charge in [-0.05, 0) is 24.6 Å². The van der Waals surface area contributed by atoms with E-state index in [0.717, 1.165) is 56.1 Å². The quantitative estimate of drug-likeness (QED) is 0.704. The Bertz CT molecular complexity index is 706. The zero-order valence-electron chi connectivity index (χ0n) is 14.8. The van der Waals surface area contributed by atoms with Crippen molar-refractivity contribution in [2.24, 2.45) is 7.05 Å². The number of carbonyl (C=O) groups is 1. The van der Waals surface area contributed by atoms with Crippen LogP contribution in [0.4, 0.5) is 0 Å². The molecule has 2 aromatic heterocycles. The van der Waals surface area contributed by atoms with Gasteiger partial charge in [0.25, 0.3) is 0 Å². The fourth-order valence-corrected chi connectivity index (χ4v) is 2.99. The van der Waals surface area contributed by atoms with E-state index >= 15 is 0 Å². The van der Waals surface area contributed by atoms with Gasteiger partial charge in [0.2, 0.25) is 5.88 Å². The second kappa shape index (κ2) is 8.22. The third kappa shape index (κ3) is 4.43. The first-order valence-electron chi connectivity index (χ1n) is 8.53. The molecule has 0 spiro atoms. The molecule has 0 radical (unpaired) electrons. The minimum absolute atomic E-state index is 0.536. The lowest BCUT2D eigenvalue weighted by Crippen LogP contribution is -2.38. The fraction of sp³-hybridized carbons (Fsp3) is 0.500. The minimum atomic E-state index is 0.536. The van der Waals surface area contributed by atoms with E-state index < -0.39 is 0 Å². The molecule has 3 rings (SSSR count). The number of morpholine rings is 1. The molecule has 1 fully saturated rings. The van der Waals surface area contributed by atoms with Gasteiger partial charge in [-0.3, -0.25) is 9.69 Å². The number of aryl methyl sites for hydroxylation is 1. The van der Waals surface area contributed by atoms with Crippen molar-refractivity contribution in [2.75, 3.05) is 39.5 Å². The third-order valence-electron chi connectivity index (χ3n) is 4.51. The van der Waals surface area contributed by atoms with Gasteiger partial charge >= 0.3 is 0 Å².